The Hall–Kier alpha value is -1.62. The highest BCUT2D eigenvalue weighted by atomic mass is 16.1. The second-order valence-electron chi connectivity index (χ2n) is 3.66. The van der Waals surface area contributed by atoms with Gasteiger partial charge in [0.1, 0.15) is 0 Å². The summed E-state index contributed by atoms with van der Waals surface area (Å²) in [6.07, 6.45) is 0. The molecule has 0 spiro atoms. The van der Waals surface area contributed by atoms with Gasteiger partial charge in [0, 0.05) is 11.5 Å². The van der Waals surface area contributed by atoms with Gasteiger partial charge >= 0.3 is 0 Å². The molecule has 2 nitrogen and oxygen atoms in total. The third kappa shape index (κ3) is 2.00. The number of hydrogen-bond acceptors (Lipinski definition) is 2. The van der Waals surface area contributed by atoms with E-state index >= 15 is 0 Å². The minimum atomic E-state index is 0.00216. The van der Waals surface area contributed by atoms with Crippen LogP contribution < -0.4 is 0 Å². The van der Waals surface area contributed by atoms with Crippen LogP contribution in [0.2, 0.25) is 0 Å². The molecule has 1 aromatic carbocycles. The van der Waals surface area contributed by atoms with E-state index in [1.54, 1.807) is 18.2 Å². The highest BCUT2D eigenvalue weighted by molar-refractivity contribution is 5.97. The number of benzene rings is 1. The van der Waals surface area contributed by atoms with E-state index in [2.05, 4.69) is 6.07 Å². The van der Waals surface area contributed by atoms with Gasteiger partial charge < -0.3 is 0 Å². The van der Waals surface area contributed by atoms with Gasteiger partial charge in [-0.25, -0.2) is 0 Å². The number of carbonyl (C=O) groups is 1. The Morgan fingerprint density at radius 2 is 2.07 bits per heavy atom. The van der Waals surface area contributed by atoms with Gasteiger partial charge in [-0.3, -0.25) is 4.79 Å². The number of hydrogen-bond donors (Lipinski definition) is 0. The van der Waals surface area contributed by atoms with Crippen LogP contribution in [0.5, 0.6) is 0 Å². The fourth-order valence-corrected chi connectivity index (χ4v) is 1.28. The fraction of sp³-hybridized carbons (Fsp3) is 0.333. The molecule has 0 aliphatic heterocycles. The topological polar surface area (TPSA) is 40.9 Å². The maximum atomic E-state index is 11.6. The first kappa shape index (κ1) is 10.5. The summed E-state index contributed by atoms with van der Waals surface area (Å²) in [5.74, 6) is 0.125. The molecule has 0 saturated heterocycles. The maximum absolute atomic E-state index is 11.6. The van der Waals surface area contributed by atoms with Gasteiger partial charge in [0.15, 0.2) is 5.78 Å². The van der Waals surface area contributed by atoms with Crippen molar-refractivity contribution in [2.75, 3.05) is 0 Å². The molecule has 0 N–H and O–H groups in total. The van der Waals surface area contributed by atoms with Crippen molar-refractivity contribution in [3.05, 3.63) is 34.9 Å². The maximum Gasteiger partial charge on any atom is 0.165 e. The molecule has 72 valence electrons. The molecule has 1 aromatic rings. The van der Waals surface area contributed by atoms with Gasteiger partial charge in [0.05, 0.1) is 11.6 Å². The SMILES string of the molecule is Cc1cc(C(=O)C(C)C)ccc1C#N. The summed E-state index contributed by atoms with van der Waals surface area (Å²) >= 11 is 0. The quantitative estimate of drug-likeness (QED) is 0.668. The Morgan fingerprint density at radius 1 is 1.43 bits per heavy atom. The minimum Gasteiger partial charge on any atom is -0.294 e. The van der Waals surface area contributed by atoms with Gasteiger partial charge in [0.2, 0.25) is 0 Å². The summed E-state index contributed by atoms with van der Waals surface area (Å²) in [6, 6.07) is 7.27. The summed E-state index contributed by atoms with van der Waals surface area (Å²) in [5, 5.41) is 8.72. The Labute approximate surface area is 84.2 Å². The van der Waals surface area contributed by atoms with Crippen molar-refractivity contribution in [1.29, 1.82) is 5.26 Å². The molecule has 0 fully saturated rings. The van der Waals surface area contributed by atoms with Crippen LogP contribution in [-0.2, 0) is 0 Å². The average molecular weight is 187 g/mol. The predicted molar refractivity (Wildman–Crippen MR) is 55.1 cm³/mol. The van der Waals surface area contributed by atoms with E-state index in [-0.39, 0.29) is 11.7 Å². The molecule has 0 aliphatic carbocycles. The smallest absolute Gasteiger partial charge is 0.165 e. The third-order valence-electron chi connectivity index (χ3n) is 2.16. The van der Waals surface area contributed by atoms with Crippen LogP contribution in [0.4, 0.5) is 0 Å². The van der Waals surface area contributed by atoms with Crippen molar-refractivity contribution < 1.29 is 4.79 Å². The Morgan fingerprint density at radius 3 is 2.50 bits per heavy atom. The molecule has 0 aromatic heterocycles. The first-order valence-electron chi connectivity index (χ1n) is 4.61. The van der Waals surface area contributed by atoms with E-state index in [0.29, 0.717) is 11.1 Å². The zero-order chi connectivity index (χ0) is 10.7. The molecule has 0 radical (unpaired) electrons. The van der Waals surface area contributed by atoms with Gasteiger partial charge in [-0.2, -0.15) is 5.26 Å². The third-order valence-corrected chi connectivity index (χ3v) is 2.16. The van der Waals surface area contributed by atoms with Crippen molar-refractivity contribution >= 4 is 5.78 Å². The van der Waals surface area contributed by atoms with E-state index in [1.165, 1.54) is 0 Å². The molecule has 2 heteroatoms. The van der Waals surface area contributed by atoms with Crippen LogP contribution >= 0.6 is 0 Å². The zero-order valence-electron chi connectivity index (χ0n) is 8.66. The Kier molecular flexibility index (Phi) is 3.03. The Balaban J connectivity index is 3.11. The highest BCUT2D eigenvalue weighted by Crippen LogP contribution is 2.13. The summed E-state index contributed by atoms with van der Waals surface area (Å²) in [6.45, 7) is 5.58. The summed E-state index contributed by atoms with van der Waals surface area (Å²) in [4.78, 5) is 11.6. The van der Waals surface area contributed by atoms with Crippen LogP contribution in [0, 0.1) is 24.2 Å². The lowest BCUT2D eigenvalue weighted by Crippen LogP contribution is -2.07. The van der Waals surface area contributed by atoms with Crippen molar-refractivity contribution in [3.63, 3.8) is 0 Å². The molecule has 0 unspecified atom stereocenters. The van der Waals surface area contributed by atoms with E-state index in [4.69, 9.17) is 5.26 Å². The monoisotopic (exact) mass is 187 g/mol. The lowest BCUT2D eigenvalue weighted by Gasteiger charge is -2.05. The molecule has 0 amide bonds. The van der Waals surface area contributed by atoms with Crippen LogP contribution in [0.1, 0.15) is 35.3 Å². The summed E-state index contributed by atoms with van der Waals surface area (Å²) < 4.78 is 0. The van der Waals surface area contributed by atoms with Crippen molar-refractivity contribution in [2.24, 2.45) is 5.92 Å². The van der Waals surface area contributed by atoms with Crippen LogP contribution in [0.3, 0.4) is 0 Å². The second-order valence-corrected chi connectivity index (χ2v) is 3.66. The normalized spacial score (nSPS) is 9.93. The molecular formula is C12H13NO. The number of ketones is 1. The minimum absolute atomic E-state index is 0.00216. The van der Waals surface area contributed by atoms with E-state index < -0.39 is 0 Å². The predicted octanol–water partition coefficient (Wildman–Crippen LogP) is 2.71. The number of nitriles is 1. The molecule has 14 heavy (non-hydrogen) atoms. The van der Waals surface area contributed by atoms with E-state index in [9.17, 15) is 4.79 Å². The molecule has 0 bridgehead atoms. The van der Waals surface area contributed by atoms with E-state index in [0.717, 1.165) is 5.56 Å². The molecule has 0 aliphatic rings. The molecule has 0 saturated carbocycles. The first-order valence-corrected chi connectivity index (χ1v) is 4.61. The van der Waals surface area contributed by atoms with E-state index in [1.807, 2.05) is 20.8 Å². The standard InChI is InChI=1S/C12H13NO/c1-8(2)12(14)10-4-5-11(7-13)9(3)6-10/h4-6,8H,1-3H3. The number of rotatable bonds is 2. The van der Waals surface area contributed by atoms with Gasteiger partial charge in [-0.05, 0) is 24.6 Å². The lowest BCUT2D eigenvalue weighted by atomic mass is 9.98. The summed E-state index contributed by atoms with van der Waals surface area (Å²) in [7, 11) is 0. The van der Waals surface area contributed by atoms with Crippen LogP contribution in [0.15, 0.2) is 18.2 Å². The summed E-state index contributed by atoms with van der Waals surface area (Å²) in [5.41, 5.74) is 2.18. The van der Waals surface area contributed by atoms with Crippen LogP contribution in [-0.4, -0.2) is 5.78 Å². The van der Waals surface area contributed by atoms with Crippen LogP contribution in [0.25, 0.3) is 0 Å². The molecular weight excluding hydrogens is 174 g/mol. The number of carbonyl (C=O) groups excluding carboxylic acids is 1. The Bertz CT molecular complexity index is 399. The zero-order valence-corrected chi connectivity index (χ0v) is 8.66. The number of aryl methyl sites for hydroxylation is 1. The van der Waals surface area contributed by atoms with Crippen molar-refractivity contribution in [1.82, 2.24) is 0 Å². The molecule has 0 atom stereocenters. The van der Waals surface area contributed by atoms with Gasteiger partial charge in [0.25, 0.3) is 0 Å². The second kappa shape index (κ2) is 4.06. The molecule has 0 heterocycles. The fourth-order valence-electron chi connectivity index (χ4n) is 1.28. The van der Waals surface area contributed by atoms with Crippen molar-refractivity contribution in [3.8, 4) is 6.07 Å². The van der Waals surface area contributed by atoms with Crippen molar-refractivity contribution in [2.45, 2.75) is 20.8 Å². The largest absolute Gasteiger partial charge is 0.294 e. The molecule has 1 rings (SSSR count). The van der Waals surface area contributed by atoms with Gasteiger partial charge in [-0.15, -0.1) is 0 Å². The lowest BCUT2D eigenvalue weighted by molar-refractivity contribution is 0.0939. The highest BCUT2D eigenvalue weighted by Gasteiger charge is 2.11. The average Bonchev–Trinajstić information content (AvgIpc) is 2.16. The number of nitrogens with zero attached hydrogens (tertiary/aromatic N) is 1. The number of Topliss-reactive ketones (excluding diaryl/α,β-unsaturated/α-hetero) is 1. The van der Waals surface area contributed by atoms with Gasteiger partial charge in [-0.1, -0.05) is 19.9 Å². The first-order chi connectivity index (χ1) is 6.56.